The quantitative estimate of drug-likeness (QED) is 0.211. The summed E-state index contributed by atoms with van der Waals surface area (Å²) in [5.41, 5.74) is 17.2. The fourth-order valence-corrected chi connectivity index (χ4v) is 7.39. The van der Waals surface area contributed by atoms with Crippen LogP contribution in [0.5, 0.6) is 0 Å². The van der Waals surface area contributed by atoms with Gasteiger partial charge in [-0.25, -0.2) is 0 Å². The maximum atomic E-state index is 2.47. The third-order valence-electron chi connectivity index (χ3n) is 9.55. The van der Waals surface area contributed by atoms with E-state index in [-0.39, 0.29) is 11.3 Å². The highest BCUT2D eigenvalue weighted by Gasteiger charge is 2.36. The van der Waals surface area contributed by atoms with E-state index in [0.717, 1.165) is 6.42 Å². The molecular weight excluding hydrogens is 504 g/mol. The summed E-state index contributed by atoms with van der Waals surface area (Å²) < 4.78 is 0. The largest absolute Gasteiger partial charge is 0.0616 e. The van der Waals surface area contributed by atoms with Gasteiger partial charge in [0.2, 0.25) is 0 Å². The Morgan fingerprint density at radius 3 is 2.12 bits per heavy atom. The molecule has 0 heterocycles. The van der Waals surface area contributed by atoms with Gasteiger partial charge in [0, 0.05) is 5.92 Å². The Labute approximate surface area is 251 Å². The van der Waals surface area contributed by atoms with Crippen molar-refractivity contribution in [3.05, 3.63) is 142 Å². The summed E-state index contributed by atoms with van der Waals surface area (Å²) in [7, 11) is 0. The van der Waals surface area contributed by atoms with Crippen LogP contribution in [0.1, 0.15) is 75.3 Å². The van der Waals surface area contributed by atoms with Gasteiger partial charge in [-0.15, -0.1) is 0 Å². The molecule has 0 saturated carbocycles. The van der Waals surface area contributed by atoms with Crippen LogP contribution in [-0.2, 0) is 11.8 Å². The molecule has 208 valence electrons. The molecule has 0 nitrogen and oxygen atoms in total. The third kappa shape index (κ3) is 4.28. The summed E-state index contributed by atoms with van der Waals surface area (Å²) in [6.07, 6.45) is 3.50. The summed E-state index contributed by atoms with van der Waals surface area (Å²) in [4.78, 5) is 0. The molecule has 0 aliphatic heterocycles. The third-order valence-corrected chi connectivity index (χ3v) is 9.55. The van der Waals surface area contributed by atoms with E-state index in [1.807, 2.05) is 0 Å². The minimum atomic E-state index is 0.149. The van der Waals surface area contributed by atoms with E-state index in [0.29, 0.717) is 5.92 Å². The molecule has 7 rings (SSSR count). The highest BCUT2D eigenvalue weighted by atomic mass is 14.4. The van der Waals surface area contributed by atoms with Crippen molar-refractivity contribution >= 4 is 22.4 Å². The van der Waals surface area contributed by atoms with Crippen molar-refractivity contribution in [2.75, 3.05) is 0 Å². The van der Waals surface area contributed by atoms with Crippen molar-refractivity contribution < 1.29 is 0 Å². The number of fused-ring (bicyclic) bond motifs is 3. The van der Waals surface area contributed by atoms with Gasteiger partial charge in [-0.2, -0.15) is 0 Å². The second-order valence-corrected chi connectivity index (χ2v) is 13.6. The molecule has 42 heavy (non-hydrogen) atoms. The van der Waals surface area contributed by atoms with Crippen molar-refractivity contribution in [2.45, 2.75) is 59.3 Å². The van der Waals surface area contributed by atoms with Gasteiger partial charge in [-0.1, -0.05) is 155 Å². The minimum Gasteiger partial charge on any atom is -0.0616 e. The van der Waals surface area contributed by atoms with Crippen LogP contribution >= 0.6 is 0 Å². The molecule has 5 aromatic carbocycles. The lowest BCUT2D eigenvalue weighted by Crippen LogP contribution is -2.10. The first-order valence-electron chi connectivity index (χ1n) is 15.5. The van der Waals surface area contributed by atoms with Crippen molar-refractivity contribution in [2.24, 2.45) is 5.92 Å². The van der Waals surface area contributed by atoms with E-state index in [1.54, 1.807) is 5.57 Å². The lowest BCUT2D eigenvalue weighted by atomic mass is 9.79. The van der Waals surface area contributed by atoms with Gasteiger partial charge in [0.05, 0.1) is 0 Å². The smallest absolute Gasteiger partial charge is 0.0311 e. The summed E-state index contributed by atoms with van der Waals surface area (Å²) in [5.74, 6) is 0.751. The summed E-state index contributed by atoms with van der Waals surface area (Å²) in [6, 6.07) is 38.7. The van der Waals surface area contributed by atoms with Gasteiger partial charge in [-0.05, 0) is 91.1 Å². The second-order valence-electron chi connectivity index (χ2n) is 13.6. The fourth-order valence-electron chi connectivity index (χ4n) is 7.39. The Kier molecular flexibility index (Phi) is 6.35. The zero-order chi connectivity index (χ0) is 29.2. The van der Waals surface area contributed by atoms with E-state index in [1.165, 1.54) is 72.0 Å². The van der Waals surface area contributed by atoms with Crippen LogP contribution in [-0.4, -0.2) is 0 Å². The van der Waals surface area contributed by atoms with E-state index in [2.05, 4.69) is 151 Å². The zero-order valence-corrected chi connectivity index (χ0v) is 25.8. The van der Waals surface area contributed by atoms with E-state index >= 15 is 0 Å². The van der Waals surface area contributed by atoms with Crippen molar-refractivity contribution in [3.63, 3.8) is 0 Å². The van der Waals surface area contributed by atoms with Gasteiger partial charge in [0.25, 0.3) is 0 Å². The topological polar surface area (TPSA) is 0 Å². The average molecular weight is 545 g/mol. The predicted molar refractivity (Wildman–Crippen MR) is 182 cm³/mol. The second kappa shape index (κ2) is 9.99. The molecule has 2 aliphatic rings. The van der Waals surface area contributed by atoms with Crippen LogP contribution in [0.15, 0.2) is 114 Å². The highest BCUT2D eigenvalue weighted by molar-refractivity contribution is 6.02. The average Bonchev–Trinajstić information content (AvgIpc) is 3.53. The van der Waals surface area contributed by atoms with Crippen LogP contribution in [0.25, 0.3) is 44.7 Å². The monoisotopic (exact) mass is 544 g/mol. The number of hydrogen-bond donors (Lipinski definition) is 0. The number of rotatable bonds is 4. The Hall–Kier alpha value is -4.16. The Balaban J connectivity index is 1.41. The standard InChI is InChI=1S/C42H40/c1-26(2)37-25-30-14-10-18-35(34-17-9-13-28-12-7-8-15-32(28)34)40(30)41(37)39-27(3)24-38-33(16-11-19-36(38)39)29-20-22-31(23-21-29)42(4,5)6/h7-24,26,39H,25H2,1-6H3. The molecule has 0 saturated heterocycles. The van der Waals surface area contributed by atoms with E-state index in [9.17, 15) is 0 Å². The molecule has 0 fully saturated rings. The van der Waals surface area contributed by atoms with Crippen LogP contribution in [0, 0.1) is 5.92 Å². The summed E-state index contributed by atoms with van der Waals surface area (Å²) in [6.45, 7) is 13.9. The first-order chi connectivity index (χ1) is 20.2. The highest BCUT2D eigenvalue weighted by Crippen LogP contribution is 2.55. The van der Waals surface area contributed by atoms with Crippen molar-refractivity contribution in [3.8, 4) is 22.3 Å². The molecule has 0 spiro atoms. The molecule has 0 radical (unpaired) electrons. The fraction of sp³-hybridized carbons (Fsp3) is 0.238. The summed E-state index contributed by atoms with van der Waals surface area (Å²) in [5, 5.41) is 2.62. The SMILES string of the molecule is CC1=Cc2c(-c3ccc(C(C)(C)C)cc3)cccc2C1C1=C(C(C)C)Cc2cccc(-c3cccc4ccccc34)c21. The van der Waals surface area contributed by atoms with E-state index < -0.39 is 0 Å². The van der Waals surface area contributed by atoms with Gasteiger partial charge in [-0.3, -0.25) is 0 Å². The van der Waals surface area contributed by atoms with Crippen LogP contribution in [0.3, 0.4) is 0 Å². The molecule has 1 atom stereocenters. The minimum absolute atomic E-state index is 0.149. The van der Waals surface area contributed by atoms with Gasteiger partial charge in [0.1, 0.15) is 0 Å². The Morgan fingerprint density at radius 2 is 1.36 bits per heavy atom. The molecule has 0 heteroatoms. The molecule has 2 aliphatic carbocycles. The van der Waals surface area contributed by atoms with Crippen LogP contribution in [0.4, 0.5) is 0 Å². The van der Waals surface area contributed by atoms with Crippen molar-refractivity contribution in [1.29, 1.82) is 0 Å². The van der Waals surface area contributed by atoms with Gasteiger partial charge >= 0.3 is 0 Å². The van der Waals surface area contributed by atoms with Crippen molar-refractivity contribution in [1.82, 2.24) is 0 Å². The summed E-state index contributed by atoms with van der Waals surface area (Å²) >= 11 is 0. The first kappa shape index (κ1) is 26.7. The number of benzene rings is 5. The normalized spacial score (nSPS) is 16.3. The van der Waals surface area contributed by atoms with Crippen LogP contribution in [0.2, 0.25) is 0 Å². The van der Waals surface area contributed by atoms with E-state index in [4.69, 9.17) is 0 Å². The maximum absolute atomic E-state index is 2.47. The molecule has 5 aromatic rings. The first-order valence-corrected chi connectivity index (χ1v) is 15.5. The molecule has 0 aromatic heterocycles. The Bertz CT molecular complexity index is 1900. The maximum Gasteiger partial charge on any atom is 0.0311 e. The molecule has 0 bridgehead atoms. The van der Waals surface area contributed by atoms with Gasteiger partial charge < -0.3 is 0 Å². The van der Waals surface area contributed by atoms with Gasteiger partial charge in [0.15, 0.2) is 0 Å². The lowest BCUT2D eigenvalue weighted by Gasteiger charge is -2.24. The molecule has 0 amide bonds. The molecule has 1 unspecified atom stereocenters. The predicted octanol–water partition coefficient (Wildman–Crippen LogP) is 11.6. The Morgan fingerprint density at radius 1 is 0.690 bits per heavy atom. The zero-order valence-electron chi connectivity index (χ0n) is 25.8. The molecule has 0 N–H and O–H groups in total. The number of allylic oxidation sites excluding steroid dienone is 3. The molecular formula is C42H40. The lowest BCUT2D eigenvalue weighted by molar-refractivity contribution is 0.590. The number of hydrogen-bond acceptors (Lipinski definition) is 0. The van der Waals surface area contributed by atoms with Crippen LogP contribution < -0.4 is 0 Å².